The molecule has 0 heterocycles. The van der Waals surface area contributed by atoms with Gasteiger partial charge in [0.2, 0.25) is 0 Å². The number of para-hydroxylation sites is 1. The summed E-state index contributed by atoms with van der Waals surface area (Å²) < 4.78 is 10.1. The van der Waals surface area contributed by atoms with E-state index < -0.39 is 6.16 Å². The number of carbonyl (C=O) groups is 1. The van der Waals surface area contributed by atoms with Crippen LogP contribution in [0.4, 0.5) is 10.5 Å². The number of halogens is 1. The van der Waals surface area contributed by atoms with Gasteiger partial charge in [0, 0.05) is 23.8 Å². The fraction of sp³-hybridized carbons (Fsp3) is 0.316. The van der Waals surface area contributed by atoms with Crippen molar-refractivity contribution in [2.24, 2.45) is 0 Å². The highest BCUT2D eigenvalue weighted by atomic mass is 35.5. The summed E-state index contributed by atoms with van der Waals surface area (Å²) in [4.78, 5) is 13.8. The Morgan fingerprint density at radius 2 is 1.88 bits per heavy atom. The van der Waals surface area contributed by atoms with Crippen molar-refractivity contribution in [1.82, 2.24) is 0 Å². The van der Waals surface area contributed by atoms with E-state index in [1.165, 1.54) is 0 Å². The number of rotatable bonds is 8. The fourth-order valence-corrected chi connectivity index (χ4v) is 2.50. The number of unbranched alkanes of at least 4 members (excludes halogenated alkanes) is 1. The summed E-state index contributed by atoms with van der Waals surface area (Å²) in [7, 11) is 0. The Labute approximate surface area is 147 Å². The molecule has 0 unspecified atom stereocenters. The van der Waals surface area contributed by atoms with E-state index in [1.54, 1.807) is 24.3 Å². The molecule has 2 aromatic carbocycles. The van der Waals surface area contributed by atoms with Crippen molar-refractivity contribution >= 4 is 23.4 Å². The van der Waals surface area contributed by atoms with Gasteiger partial charge in [0.15, 0.2) is 0 Å². The molecule has 0 aliphatic heterocycles. The van der Waals surface area contributed by atoms with Gasteiger partial charge in [0.25, 0.3) is 0 Å². The molecule has 0 radical (unpaired) electrons. The monoisotopic (exact) mass is 347 g/mol. The molecule has 24 heavy (non-hydrogen) atoms. The van der Waals surface area contributed by atoms with Gasteiger partial charge in [-0.2, -0.15) is 0 Å². The zero-order valence-corrected chi connectivity index (χ0v) is 14.5. The SMILES string of the molecule is CCN(CCCCOC(=O)Oc1ccccc1)c1cccc(Cl)c1. The number of carbonyl (C=O) groups excluding carboxylic acids is 1. The first kappa shape index (κ1) is 18.1. The molecule has 128 valence electrons. The molecule has 0 saturated carbocycles. The third-order valence-electron chi connectivity index (χ3n) is 3.54. The maximum Gasteiger partial charge on any atom is 0.513 e. The zero-order valence-electron chi connectivity index (χ0n) is 13.8. The van der Waals surface area contributed by atoms with Crippen LogP contribution < -0.4 is 9.64 Å². The summed E-state index contributed by atoms with van der Waals surface area (Å²) in [6.07, 6.45) is 1.03. The van der Waals surface area contributed by atoms with Crippen molar-refractivity contribution in [2.75, 3.05) is 24.6 Å². The van der Waals surface area contributed by atoms with Crippen molar-refractivity contribution in [3.8, 4) is 5.75 Å². The molecule has 0 aromatic heterocycles. The summed E-state index contributed by atoms with van der Waals surface area (Å²) in [6.45, 7) is 4.23. The summed E-state index contributed by atoms with van der Waals surface area (Å²) in [5.74, 6) is 0.487. The smallest absolute Gasteiger partial charge is 0.434 e. The molecule has 0 atom stereocenters. The van der Waals surface area contributed by atoms with Gasteiger partial charge in [-0.3, -0.25) is 0 Å². The van der Waals surface area contributed by atoms with Crippen LogP contribution in [0.25, 0.3) is 0 Å². The highest BCUT2D eigenvalue weighted by Gasteiger charge is 2.07. The largest absolute Gasteiger partial charge is 0.513 e. The van der Waals surface area contributed by atoms with Crippen LogP contribution in [0.15, 0.2) is 54.6 Å². The van der Waals surface area contributed by atoms with Gasteiger partial charge >= 0.3 is 6.16 Å². The highest BCUT2D eigenvalue weighted by Crippen LogP contribution is 2.19. The van der Waals surface area contributed by atoms with E-state index in [1.807, 2.05) is 30.3 Å². The molecule has 0 amide bonds. The van der Waals surface area contributed by atoms with Gasteiger partial charge in [-0.25, -0.2) is 4.79 Å². The summed E-state index contributed by atoms with van der Waals surface area (Å²) in [5.41, 5.74) is 1.11. The summed E-state index contributed by atoms with van der Waals surface area (Å²) in [5, 5.41) is 0.734. The normalized spacial score (nSPS) is 10.2. The van der Waals surface area contributed by atoms with Gasteiger partial charge in [-0.05, 0) is 50.1 Å². The van der Waals surface area contributed by atoms with E-state index in [-0.39, 0.29) is 0 Å². The van der Waals surface area contributed by atoms with Crippen LogP contribution in [-0.4, -0.2) is 25.9 Å². The molecule has 0 N–H and O–H groups in total. The Hall–Kier alpha value is -2.20. The van der Waals surface area contributed by atoms with Gasteiger partial charge < -0.3 is 14.4 Å². The van der Waals surface area contributed by atoms with Crippen LogP contribution in [-0.2, 0) is 4.74 Å². The minimum atomic E-state index is -0.664. The van der Waals surface area contributed by atoms with Crippen LogP contribution in [0, 0.1) is 0 Å². The molecule has 0 fully saturated rings. The molecule has 5 heteroatoms. The van der Waals surface area contributed by atoms with E-state index in [2.05, 4.69) is 11.8 Å². The Kier molecular flexibility index (Phi) is 7.43. The summed E-state index contributed by atoms with van der Waals surface area (Å²) >= 11 is 6.03. The number of nitrogens with zero attached hydrogens (tertiary/aromatic N) is 1. The van der Waals surface area contributed by atoms with Gasteiger partial charge in [0.1, 0.15) is 5.75 Å². The lowest BCUT2D eigenvalue weighted by atomic mass is 10.2. The quantitative estimate of drug-likeness (QED) is 0.375. The third-order valence-corrected chi connectivity index (χ3v) is 3.78. The van der Waals surface area contributed by atoms with E-state index in [4.69, 9.17) is 21.1 Å². The van der Waals surface area contributed by atoms with Crippen LogP contribution >= 0.6 is 11.6 Å². The van der Waals surface area contributed by atoms with Crippen LogP contribution in [0.3, 0.4) is 0 Å². The molecule has 0 saturated heterocycles. The molecule has 2 aromatic rings. The lowest BCUT2D eigenvalue weighted by Crippen LogP contribution is -2.24. The number of anilines is 1. The average molecular weight is 348 g/mol. The standard InChI is InChI=1S/C19H22ClNO3/c1-2-21(17-10-8-9-16(20)15-17)13-6-7-14-23-19(22)24-18-11-4-3-5-12-18/h3-5,8-12,15H,2,6-7,13-14H2,1H3. The van der Waals surface area contributed by atoms with Crippen molar-refractivity contribution in [2.45, 2.75) is 19.8 Å². The molecule has 0 bridgehead atoms. The Balaban J connectivity index is 1.66. The van der Waals surface area contributed by atoms with Crippen LogP contribution in [0.1, 0.15) is 19.8 Å². The first-order chi connectivity index (χ1) is 11.7. The predicted molar refractivity (Wildman–Crippen MR) is 97.0 cm³/mol. The van der Waals surface area contributed by atoms with E-state index in [9.17, 15) is 4.79 Å². The van der Waals surface area contributed by atoms with Crippen molar-refractivity contribution in [3.05, 3.63) is 59.6 Å². The molecular weight excluding hydrogens is 326 g/mol. The minimum absolute atomic E-state index is 0.346. The number of ether oxygens (including phenoxy) is 2. The van der Waals surface area contributed by atoms with E-state index in [0.717, 1.165) is 36.6 Å². The second-order valence-corrected chi connectivity index (χ2v) is 5.72. The zero-order chi connectivity index (χ0) is 17.2. The van der Waals surface area contributed by atoms with Gasteiger partial charge in [-0.1, -0.05) is 35.9 Å². The van der Waals surface area contributed by atoms with E-state index >= 15 is 0 Å². The molecular formula is C19H22ClNO3. The topological polar surface area (TPSA) is 38.8 Å². The maximum absolute atomic E-state index is 11.6. The second kappa shape index (κ2) is 9.83. The molecule has 0 aliphatic rings. The lowest BCUT2D eigenvalue weighted by Gasteiger charge is -2.23. The van der Waals surface area contributed by atoms with Crippen molar-refractivity contribution in [1.29, 1.82) is 0 Å². The van der Waals surface area contributed by atoms with E-state index in [0.29, 0.717) is 12.4 Å². The Morgan fingerprint density at radius 1 is 1.08 bits per heavy atom. The van der Waals surface area contributed by atoms with Gasteiger partial charge in [0.05, 0.1) is 6.61 Å². The predicted octanol–water partition coefficient (Wildman–Crippen LogP) is 5.16. The number of benzene rings is 2. The maximum atomic E-state index is 11.6. The molecule has 2 rings (SSSR count). The lowest BCUT2D eigenvalue weighted by molar-refractivity contribution is 0.0976. The third kappa shape index (κ3) is 6.13. The Bertz CT molecular complexity index is 634. The van der Waals surface area contributed by atoms with Crippen LogP contribution in [0.2, 0.25) is 5.02 Å². The number of hydrogen-bond donors (Lipinski definition) is 0. The van der Waals surface area contributed by atoms with Gasteiger partial charge in [-0.15, -0.1) is 0 Å². The number of hydrogen-bond acceptors (Lipinski definition) is 4. The summed E-state index contributed by atoms with van der Waals surface area (Å²) in [6, 6.07) is 16.7. The highest BCUT2D eigenvalue weighted by molar-refractivity contribution is 6.30. The minimum Gasteiger partial charge on any atom is -0.434 e. The first-order valence-electron chi connectivity index (χ1n) is 8.09. The first-order valence-corrected chi connectivity index (χ1v) is 8.47. The Morgan fingerprint density at radius 3 is 2.58 bits per heavy atom. The van der Waals surface area contributed by atoms with Crippen LogP contribution in [0.5, 0.6) is 5.75 Å². The molecule has 0 aliphatic carbocycles. The average Bonchev–Trinajstić information content (AvgIpc) is 2.59. The molecule has 0 spiro atoms. The second-order valence-electron chi connectivity index (χ2n) is 5.28. The van der Waals surface area contributed by atoms with Crippen molar-refractivity contribution < 1.29 is 14.3 Å². The molecule has 4 nitrogen and oxygen atoms in total. The van der Waals surface area contributed by atoms with Crippen molar-refractivity contribution in [3.63, 3.8) is 0 Å². The fourth-order valence-electron chi connectivity index (χ4n) is 2.32.